The number of ether oxygens (including phenoxy) is 1. The summed E-state index contributed by atoms with van der Waals surface area (Å²) in [5, 5.41) is 17.5. The van der Waals surface area contributed by atoms with E-state index in [-0.39, 0.29) is 5.57 Å². The van der Waals surface area contributed by atoms with Crippen molar-refractivity contribution in [1.82, 2.24) is 0 Å². The monoisotopic (exact) mass is 366 g/mol. The van der Waals surface area contributed by atoms with Crippen LogP contribution in [0.2, 0.25) is 0 Å². The van der Waals surface area contributed by atoms with Crippen LogP contribution in [-0.4, -0.2) is 30.8 Å². The van der Waals surface area contributed by atoms with E-state index in [0.29, 0.717) is 6.61 Å². The van der Waals surface area contributed by atoms with E-state index in [1.165, 1.54) is 24.6 Å². The molecule has 0 bridgehead atoms. The van der Waals surface area contributed by atoms with Gasteiger partial charge in [0.05, 0.1) is 6.61 Å². The van der Waals surface area contributed by atoms with E-state index in [1.54, 1.807) is 18.2 Å². The minimum absolute atomic E-state index is 0.293. The molecule has 1 fully saturated rings. The molecule has 0 saturated carbocycles. The van der Waals surface area contributed by atoms with Crippen molar-refractivity contribution in [3.05, 3.63) is 53.6 Å². The van der Waals surface area contributed by atoms with Gasteiger partial charge >= 0.3 is 5.97 Å². The van der Waals surface area contributed by atoms with Gasteiger partial charge in [-0.2, -0.15) is 5.26 Å². The number of hydrogen-bond acceptors (Lipinski definition) is 4. The van der Waals surface area contributed by atoms with Crippen LogP contribution in [0.5, 0.6) is 5.75 Å². The van der Waals surface area contributed by atoms with Crippen molar-refractivity contribution in [2.75, 3.05) is 24.6 Å². The Kier molecular flexibility index (Phi) is 8.18. The Labute approximate surface area is 160 Å². The third-order valence-electron chi connectivity index (χ3n) is 4.34. The first-order valence-corrected chi connectivity index (χ1v) is 9.36. The molecule has 0 radical (unpaired) electrons. The van der Waals surface area contributed by atoms with Gasteiger partial charge < -0.3 is 14.7 Å². The Balaban J connectivity index is 2.13. The molecule has 27 heavy (non-hydrogen) atoms. The maximum absolute atomic E-state index is 10.8. The van der Waals surface area contributed by atoms with Gasteiger partial charge in [-0.25, -0.2) is 4.79 Å². The Hall–Kier alpha value is -3.00. The van der Waals surface area contributed by atoms with Gasteiger partial charge in [0.15, 0.2) is 0 Å². The lowest BCUT2D eigenvalue weighted by molar-refractivity contribution is -0.132. The van der Waals surface area contributed by atoms with Crippen molar-refractivity contribution in [2.24, 2.45) is 0 Å². The molecule has 1 aliphatic heterocycles. The topological polar surface area (TPSA) is 73.6 Å². The number of nitriles is 1. The fourth-order valence-electron chi connectivity index (χ4n) is 2.82. The van der Waals surface area contributed by atoms with Gasteiger partial charge in [0, 0.05) is 30.4 Å². The van der Waals surface area contributed by atoms with Crippen LogP contribution >= 0.6 is 0 Å². The Morgan fingerprint density at radius 1 is 1.30 bits per heavy atom. The Morgan fingerprint density at radius 2 is 2.07 bits per heavy atom. The molecule has 1 saturated heterocycles. The fraction of sp³-hybridized carbons (Fsp3) is 0.364. The largest absolute Gasteiger partial charge is 0.493 e. The summed E-state index contributed by atoms with van der Waals surface area (Å²) in [5.41, 5.74) is 1.87. The number of carbonyl (C=O) groups is 1. The number of aliphatic carboxylic acids is 1. The first kappa shape index (κ1) is 20.3. The minimum atomic E-state index is -1.23. The van der Waals surface area contributed by atoms with Crippen LogP contribution in [0, 0.1) is 11.3 Å². The highest BCUT2D eigenvalue weighted by Crippen LogP contribution is 2.29. The predicted octanol–water partition coefficient (Wildman–Crippen LogP) is 4.57. The second-order valence-electron chi connectivity index (χ2n) is 6.36. The van der Waals surface area contributed by atoms with Crippen molar-refractivity contribution in [1.29, 1.82) is 5.26 Å². The van der Waals surface area contributed by atoms with Gasteiger partial charge in [-0.15, -0.1) is 0 Å². The minimum Gasteiger partial charge on any atom is -0.493 e. The highest BCUT2D eigenvalue weighted by atomic mass is 16.5. The first-order valence-electron chi connectivity index (χ1n) is 9.36. The maximum atomic E-state index is 10.8. The molecule has 1 aromatic rings. The lowest BCUT2D eigenvalue weighted by atomic mass is 10.1. The van der Waals surface area contributed by atoms with Crippen LogP contribution < -0.4 is 9.64 Å². The standard InChI is InChI=1S/C22H26N2O3/c1-2-3-15-27-21-16-20(24-13-7-8-14-24)12-11-18(21)9-5-4-6-10-19(17-23)22(25)26/h4-6,9-12,16H,2-3,7-8,13-15H2,1H3,(H,25,26). The van der Waals surface area contributed by atoms with Crippen molar-refractivity contribution in [2.45, 2.75) is 32.6 Å². The van der Waals surface area contributed by atoms with E-state index < -0.39 is 5.97 Å². The molecule has 0 amide bonds. The SMILES string of the molecule is CCCCOc1cc(N2CCCC2)ccc1C=CC=CC=C(C#N)C(=O)O. The quantitative estimate of drug-likeness (QED) is 0.300. The van der Waals surface area contributed by atoms with Crippen LogP contribution in [0.1, 0.15) is 38.2 Å². The molecule has 0 unspecified atom stereocenters. The lowest BCUT2D eigenvalue weighted by Crippen LogP contribution is -2.17. The van der Waals surface area contributed by atoms with Crippen molar-refractivity contribution in [3.8, 4) is 11.8 Å². The number of anilines is 1. The van der Waals surface area contributed by atoms with E-state index >= 15 is 0 Å². The molecule has 5 heteroatoms. The summed E-state index contributed by atoms with van der Waals surface area (Å²) in [6, 6.07) is 7.90. The van der Waals surface area contributed by atoms with Crippen molar-refractivity contribution in [3.63, 3.8) is 0 Å². The lowest BCUT2D eigenvalue weighted by Gasteiger charge is -2.19. The Morgan fingerprint density at radius 3 is 2.74 bits per heavy atom. The molecule has 0 atom stereocenters. The first-order chi connectivity index (χ1) is 13.2. The van der Waals surface area contributed by atoms with Gasteiger partial charge in [-0.1, -0.05) is 37.6 Å². The maximum Gasteiger partial charge on any atom is 0.346 e. The average molecular weight is 366 g/mol. The molecule has 0 aliphatic carbocycles. The summed E-state index contributed by atoms with van der Waals surface area (Å²) in [6.45, 7) is 4.99. The van der Waals surface area contributed by atoms with Gasteiger partial charge in [0.1, 0.15) is 17.4 Å². The number of carboxylic acid groups (broad SMARTS) is 1. The van der Waals surface area contributed by atoms with E-state index in [4.69, 9.17) is 15.1 Å². The molecule has 1 N–H and O–H groups in total. The molecule has 1 aromatic carbocycles. The van der Waals surface area contributed by atoms with E-state index in [1.807, 2.05) is 18.2 Å². The van der Waals surface area contributed by atoms with Crippen LogP contribution in [0.25, 0.3) is 6.08 Å². The van der Waals surface area contributed by atoms with Gasteiger partial charge in [0.25, 0.3) is 0 Å². The normalized spacial score (nSPS) is 14.8. The summed E-state index contributed by atoms with van der Waals surface area (Å²) in [4.78, 5) is 13.1. The highest BCUT2D eigenvalue weighted by molar-refractivity contribution is 5.91. The third-order valence-corrected chi connectivity index (χ3v) is 4.34. The fourth-order valence-corrected chi connectivity index (χ4v) is 2.82. The number of carboxylic acids is 1. The molecule has 0 aromatic heterocycles. The van der Waals surface area contributed by atoms with Crippen LogP contribution in [0.15, 0.2) is 48.1 Å². The molecule has 1 aliphatic rings. The van der Waals surface area contributed by atoms with E-state index in [9.17, 15) is 4.79 Å². The summed E-state index contributed by atoms with van der Waals surface area (Å²) in [6.07, 6.45) is 12.8. The number of hydrogen-bond donors (Lipinski definition) is 1. The Bertz CT molecular complexity index is 766. The molecular formula is C22H26N2O3. The van der Waals surface area contributed by atoms with Crippen LogP contribution in [0.4, 0.5) is 5.69 Å². The van der Waals surface area contributed by atoms with E-state index in [0.717, 1.165) is 37.2 Å². The summed E-state index contributed by atoms with van der Waals surface area (Å²) in [7, 11) is 0. The summed E-state index contributed by atoms with van der Waals surface area (Å²) in [5.74, 6) is -0.369. The summed E-state index contributed by atoms with van der Waals surface area (Å²) < 4.78 is 5.99. The van der Waals surface area contributed by atoms with Crippen LogP contribution in [0.3, 0.4) is 0 Å². The average Bonchev–Trinajstić information content (AvgIpc) is 3.20. The van der Waals surface area contributed by atoms with Crippen LogP contribution in [-0.2, 0) is 4.79 Å². The zero-order valence-corrected chi connectivity index (χ0v) is 15.7. The van der Waals surface area contributed by atoms with Crippen molar-refractivity contribution < 1.29 is 14.6 Å². The summed E-state index contributed by atoms with van der Waals surface area (Å²) >= 11 is 0. The van der Waals surface area contributed by atoms with E-state index in [2.05, 4.69) is 24.0 Å². The van der Waals surface area contributed by atoms with Crippen molar-refractivity contribution >= 4 is 17.7 Å². The third kappa shape index (κ3) is 6.34. The second-order valence-corrected chi connectivity index (χ2v) is 6.36. The molecule has 2 rings (SSSR count). The molecule has 5 nitrogen and oxygen atoms in total. The number of unbranched alkanes of at least 4 members (excludes halogenated alkanes) is 1. The zero-order chi connectivity index (χ0) is 19.5. The number of allylic oxidation sites excluding steroid dienone is 4. The molecule has 142 valence electrons. The van der Waals surface area contributed by atoms with Gasteiger partial charge in [-0.05, 0) is 37.5 Å². The molecule has 0 spiro atoms. The molecular weight excluding hydrogens is 340 g/mol. The number of rotatable bonds is 9. The smallest absolute Gasteiger partial charge is 0.346 e. The zero-order valence-electron chi connectivity index (χ0n) is 15.7. The molecule has 1 heterocycles. The predicted molar refractivity (Wildman–Crippen MR) is 108 cm³/mol. The number of benzene rings is 1. The second kappa shape index (κ2) is 10.9. The highest BCUT2D eigenvalue weighted by Gasteiger charge is 2.14. The number of nitrogens with zero attached hydrogens (tertiary/aromatic N) is 2. The van der Waals surface area contributed by atoms with Gasteiger partial charge in [-0.3, -0.25) is 0 Å². The van der Waals surface area contributed by atoms with Gasteiger partial charge in [0.2, 0.25) is 0 Å².